The van der Waals surface area contributed by atoms with Gasteiger partial charge in [0.25, 0.3) is 0 Å². The van der Waals surface area contributed by atoms with Gasteiger partial charge < -0.3 is 30.5 Å². The van der Waals surface area contributed by atoms with Crippen molar-refractivity contribution in [1.29, 1.82) is 0 Å². The quantitative estimate of drug-likeness (QED) is 0.281. The Balaban J connectivity index is 1.30. The van der Waals surface area contributed by atoms with Crippen LogP contribution in [0.5, 0.6) is 5.75 Å². The summed E-state index contributed by atoms with van der Waals surface area (Å²) in [6.45, 7) is 1.25. The predicted octanol–water partition coefficient (Wildman–Crippen LogP) is 1.11. The zero-order valence-electron chi connectivity index (χ0n) is 20.4. The summed E-state index contributed by atoms with van der Waals surface area (Å²) in [6.07, 6.45) is 1.54. The third-order valence-electron chi connectivity index (χ3n) is 6.64. The molecule has 4 rings (SSSR count). The molecule has 1 aliphatic rings. The molecule has 2 heterocycles. The average Bonchev–Trinajstić information content (AvgIpc) is 2.91. The van der Waals surface area contributed by atoms with Crippen molar-refractivity contribution < 1.29 is 25.2 Å². The van der Waals surface area contributed by atoms with Gasteiger partial charge >= 0.3 is 0 Å². The minimum absolute atomic E-state index is 0.218. The van der Waals surface area contributed by atoms with E-state index in [1.165, 1.54) is 5.56 Å². The maximum Gasteiger partial charge on any atom is 0.159 e. The molecule has 0 spiro atoms. The van der Waals surface area contributed by atoms with Gasteiger partial charge in [0.1, 0.15) is 18.0 Å². The molecule has 1 saturated heterocycles. The van der Waals surface area contributed by atoms with E-state index in [1.54, 1.807) is 25.6 Å². The van der Waals surface area contributed by atoms with Crippen molar-refractivity contribution in [1.82, 2.24) is 14.9 Å². The summed E-state index contributed by atoms with van der Waals surface area (Å²) < 4.78 is 5.44. The Bertz CT molecular complexity index is 1100. The standard InChI is InChI=1S/C27H34N4O5/c1-36-22-14-20(27-29-9-2-10-30-27)13-21(15-22)28-11-7-18-3-5-19(6-4-18)8-12-31-16-24(33)26(35)25(34)23(31)17-32/h2-6,9-10,13-15,23-26,28,32-35H,7-8,11-12,16-17H2,1H3/t23-,24+,25-,26-/m1/s1. The number of nitrogens with one attached hydrogen (secondary N) is 1. The second-order valence-electron chi connectivity index (χ2n) is 9.06. The molecule has 0 amide bonds. The predicted molar refractivity (Wildman–Crippen MR) is 137 cm³/mol. The SMILES string of the molecule is COc1cc(NCCc2ccc(CCN3C[C@H](O)[C@@H](O)[C@H](O)[C@H]3CO)cc2)cc(-c2ncccn2)c1. The number of aliphatic hydroxyl groups is 4. The van der Waals surface area contributed by atoms with E-state index < -0.39 is 24.4 Å². The molecule has 3 aromatic rings. The zero-order valence-corrected chi connectivity index (χ0v) is 20.4. The fourth-order valence-corrected chi connectivity index (χ4v) is 4.53. The molecule has 1 aromatic heterocycles. The Morgan fingerprint density at radius 2 is 1.67 bits per heavy atom. The topological polar surface area (TPSA) is 131 Å². The molecule has 0 saturated carbocycles. The monoisotopic (exact) mass is 494 g/mol. The Morgan fingerprint density at radius 3 is 2.33 bits per heavy atom. The highest BCUT2D eigenvalue weighted by atomic mass is 16.5. The number of aliphatic hydroxyl groups excluding tert-OH is 4. The largest absolute Gasteiger partial charge is 0.497 e. The number of ether oxygens (including phenoxy) is 1. The molecule has 0 radical (unpaired) electrons. The molecule has 36 heavy (non-hydrogen) atoms. The number of aromatic nitrogens is 2. The molecule has 9 heteroatoms. The van der Waals surface area contributed by atoms with Crippen molar-refractivity contribution in [2.24, 2.45) is 0 Å². The van der Waals surface area contributed by atoms with Gasteiger partial charge in [0, 0.05) is 49.3 Å². The van der Waals surface area contributed by atoms with Gasteiger partial charge in [-0.15, -0.1) is 0 Å². The van der Waals surface area contributed by atoms with Crippen LogP contribution < -0.4 is 10.1 Å². The highest BCUT2D eigenvalue weighted by Crippen LogP contribution is 2.26. The van der Waals surface area contributed by atoms with Crippen LogP contribution in [0.4, 0.5) is 5.69 Å². The van der Waals surface area contributed by atoms with Gasteiger partial charge in [0.15, 0.2) is 5.82 Å². The van der Waals surface area contributed by atoms with E-state index >= 15 is 0 Å². The molecule has 2 aromatic carbocycles. The minimum Gasteiger partial charge on any atom is -0.497 e. The lowest BCUT2D eigenvalue weighted by molar-refractivity contribution is -0.144. The molecule has 0 bridgehead atoms. The van der Waals surface area contributed by atoms with Gasteiger partial charge in [-0.1, -0.05) is 24.3 Å². The lowest BCUT2D eigenvalue weighted by Crippen LogP contribution is -2.62. The Labute approximate surface area is 211 Å². The molecule has 192 valence electrons. The van der Waals surface area contributed by atoms with Crippen molar-refractivity contribution >= 4 is 5.69 Å². The third kappa shape index (κ3) is 6.37. The highest BCUT2D eigenvalue weighted by Gasteiger charge is 2.40. The number of rotatable bonds is 10. The van der Waals surface area contributed by atoms with Crippen LogP contribution >= 0.6 is 0 Å². The number of nitrogens with zero attached hydrogens (tertiary/aromatic N) is 3. The third-order valence-corrected chi connectivity index (χ3v) is 6.64. The molecule has 5 N–H and O–H groups in total. The minimum atomic E-state index is -1.23. The number of methoxy groups -OCH3 is 1. The van der Waals surface area contributed by atoms with Gasteiger partial charge in [-0.05, 0) is 42.2 Å². The number of hydrogen-bond acceptors (Lipinski definition) is 9. The van der Waals surface area contributed by atoms with Crippen LogP contribution in [0, 0.1) is 0 Å². The maximum atomic E-state index is 10.1. The van der Waals surface area contributed by atoms with Crippen molar-refractivity contribution in [3.8, 4) is 17.1 Å². The number of likely N-dealkylation sites (tertiary alicyclic amines) is 1. The number of hydrogen-bond donors (Lipinski definition) is 5. The number of piperidine rings is 1. The molecule has 4 atom stereocenters. The van der Waals surface area contributed by atoms with E-state index in [9.17, 15) is 20.4 Å². The first kappa shape index (κ1) is 26.0. The van der Waals surface area contributed by atoms with Gasteiger partial charge in [-0.3, -0.25) is 4.90 Å². The molecular formula is C27H34N4O5. The van der Waals surface area contributed by atoms with Crippen LogP contribution in [-0.2, 0) is 12.8 Å². The normalized spacial score (nSPS) is 22.4. The summed E-state index contributed by atoms with van der Waals surface area (Å²) in [7, 11) is 1.64. The van der Waals surface area contributed by atoms with Crippen LogP contribution in [0.3, 0.4) is 0 Å². The first-order chi connectivity index (χ1) is 17.5. The Morgan fingerprint density at radius 1 is 0.972 bits per heavy atom. The van der Waals surface area contributed by atoms with Crippen LogP contribution in [-0.4, -0.2) is 93.0 Å². The van der Waals surface area contributed by atoms with Crippen LogP contribution in [0.1, 0.15) is 11.1 Å². The first-order valence-electron chi connectivity index (χ1n) is 12.2. The van der Waals surface area contributed by atoms with Gasteiger partial charge in [0.05, 0.1) is 25.9 Å². The van der Waals surface area contributed by atoms with E-state index in [-0.39, 0.29) is 13.2 Å². The number of benzene rings is 2. The van der Waals surface area contributed by atoms with Crippen molar-refractivity contribution in [2.45, 2.75) is 37.2 Å². The van der Waals surface area contributed by atoms with E-state index in [0.29, 0.717) is 18.8 Å². The Hall–Kier alpha value is -3.08. The van der Waals surface area contributed by atoms with Crippen LogP contribution in [0.15, 0.2) is 60.9 Å². The molecule has 1 fully saturated rings. The molecule has 0 aliphatic carbocycles. The van der Waals surface area contributed by atoms with Gasteiger partial charge in [-0.25, -0.2) is 9.97 Å². The summed E-state index contributed by atoms with van der Waals surface area (Å²) in [5.74, 6) is 1.38. The van der Waals surface area contributed by atoms with Crippen molar-refractivity contribution in [3.05, 3.63) is 72.1 Å². The molecule has 9 nitrogen and oxygen atoms in total. The van der Waals surface area contributed by atoms with Crippen LogP contribution in [0.2, 0.25) is 0 Å². The van der Waals surface area contributed by atoms with E-state index in [4.69, 9.17) is 4.74 Å². The highest BCUT2D eigenvalue weighted by molar-refractivity contribution is 5.65. The lowest BCUT2D eigenvalue weighted by atomic mass is 9.93. The zero-order chi connectivity index (χ0) is 25.5. The fraction of sp³-hybridized carbons (Fsp3) is 0.407. The van der Waals surface area contributed by atoms with E-state index in [1.807, 2.05) is 23.1 Å². The number of β-amino-alcohol motifs (C(OH)–C–C–N with tert-alkyl or cyclic N) is 1. The molecule has 0 unspecified atom stereocenters. The van der Waals surface area contributed by atoms with Gasteiger partial charge in [0.2, 0.25) is 0 Å². The first-order valence-corrected chi connectivity index (χ1v) is 12.2. The Kier molecular flexibility index (Phi) is 8.84. The maximum absolute atomic E-state index is 10.1. The fourth-order valence-electron chi connectivity index (χ4n) is 4.53. The van der Waals surface area contributed by atoms with Gasteiger partial charge in [-0.2, -0.15) is 0 Å². The number of anilines is 1. The lowest BCUT2D eigenvalue weighted by Gasteiger charge is -2.43. The summed E-state index contributed by atoms with van der Waals surface area (Å²) >= 11 is 0. The van der Waals surface area contributed by atoms with Crippen molar-refractivity contribution in [2.75, 3.05) is 38.7 Å². The second-order valence-corrected chi connectivity index (χ2v) is 9.06. The summed E-state index contributed by atoms with van der Waals surface area (Å²) in [4.78, 5) is 10.5. The van der Waals surface area contributed by atoms with Crippen molar-refractivity contribution in [3.63, 3.8) is 0 Å². The molecular weight excluding hydrogens is 460 g/mol. The second kappa shape index (κ2) is 12.2. The summed E-state index contributed by atoms with van der Waals surface area (Å²) in [6, 6.07) is 15.4. The smallest absolute Gasteiger partial charge is 0.159 e. The van der Waals surface area contributed by atoms with E-state index in [2.05, 4.69) is 39.6 Å². The average molecular weight is 495 g/mol. The molecule has 1 aliphatic heterocycles. The summed E-state index contributed by atoms with van der Waals surface area (Å²) in [5, 5.41) is 43.1. The van der Waals surface area contributed by atoms with E-state index in [0.717, 1.165) is 35.5 Å². The van der Waals surface area contributed by atoms with Crippen LogP contribution in [0.25, 0.3) is 11.4 Å². The summed E-state index contributed by atoms with van der Waals surface area (Å²) in [5.41, 5.74) is 4.14.